The minimum atomic E-state index is -0.774. The predicted octanol–water partition coefficient (Wildman–Crippen LogP) is 3.37. The summed E-state index contributed by atoms with van der Waals surface area (Å²) in [4.78, 5) is 22.8. The van der Waals surface area contributed by atoms with Gasteiger partial charge in [0.05, 0.1) is 18.8 Å². The summed E-state index contributed by atoms with van der Waals surface area (Å²) in [5, 5.41) is 7.10. The van der Waals surface area contributed by atoms with Crippen LogP contribution in [-0.4, -0.2) is 66.5 Å². The minimum absolute atomic E-state index is 0.146. The number of hydrogen-bond acceptors (Lipinski definition) is 8. The van der Waals surface area contributed by atoms with Crippen molar-refractivity contribution >= 4 is 35.1 Å². The molecular formula is C25H31ClN6O3. The molecule has 35 heavy (non-hydrogen) atoms. The third-order valence-electron chi connectivity index (χ3n) is 7.16. The highest BCUT2D eigenvalue weighted by Crippen LogP contribution is 2.43. The van der Waals surface area contributed by atoms with Gasteiger partial charge in [0, 0.05) is 44.3 Å². The van der Waals surface area contributed by atoms with Crippen LogP contribution in [0.1, 0.15) is 17.5 Å². The Morgan fingerprint density at radius 1 is 1.23 bits per heavy atom. The molecule has 1 aromatic heterocycles. The van der Waals surface area contributed by atoms with Crippen LogP contribution in [0.15, 0.2) is 36.5 Å². The molecule has 2 aromatic rings. The van der Waals surface area contributed by atoms with Crippen LogP contribution in [0.5, 0.6) is 0 Å². The maximum atomic E-state index is 11.4. The molecule has 2 heterocycles. The number of nitrogens with two attached hydrogens (primary N) is 1. The van der Waals surface area contributed by atoms with Gasteiger partial charge < -0.3 is 30.7 Å². The fourth-order valence-corrected chi connectivity index (χ4v) is 5.52. The van der Waals surface area contributed by atoms with Gasteiger partial charge in [0.1, 0.15) is 11.1 Å². The second-order valence-corrected chi connectivity index (χ2v) is 9.76. The molecule has 1 fully saturated rings. The quantitative estimate of drug-likeness (QED) is 0.474. The summed E-state index contributed by atoms with van der Waals surface area (Å²) in [5.74, 6) is 1.31. The van der Waals surface area contributed by atoms with Crippen molar-refractivity contribution in [2.24, 2.45) is 17.6 Å². The maximum Gasteiger partial charge on any atom is 0.404 e. The Labute approximate surface area is 210 Å². The van der Waals surface area contributed by atoms with Gasteiger partial charge in [-0.25, -0.2) is 9.78 Å². The van der Waals surface area contributed by atoms with E-state index in [-0.39, 0.29) is 24.0 Å². The zero-order valence-corrected chi connectivity index (χ0v) is 20.5. The van der Waals surface area contributed by atoms with Crippen LogP contribution >= 0.6 is 11.6 Å². The molecule has 0 radical (unpaired) electrons. The summed E-state index contributed by atoms with van der Waals surface area (Å²) >= 11 is 6.42. The van der Waals surface area contributed by atoms with Crippen LogP contribution in [0.25, 0.3) is 0 Å². The Morgan fingerprint density at radius 3 is 2.83 bits per heavy atom. The van der Waals surface area contributed by atoms with Gasteiger partial charge in [0.25, 0.3) is 0 Å². The van der Waals surface area contributed by atoms with Crippen molar-refractivity contribution in [1.29, 1.82) is 0 Å². The average molecular weight is 499 g/mol. The number of halogens is 1. The lowest BCUT2D eigenvalue weighted by Crippen LogP contribution is -2.41. The predicted molar refractivity (Wildman–Crippen MR) is 135 cm³/mol. The summed E-state index contributed by atoms with van der Waals surface area (Å²) in [5.41, 5.74) is 8.94. The van der Waals surface area contributed by atoms with E-state index in [1.807, 2.05) is 0 Å². The number of carbonyl (C=O) groups excluding carboxylic acids is 1. The molecule has 2 bridgehead atoms. The molecule has 4 unspecified atom stereocenters. The summed E-state index contributed by atoms with van der Waals surface area (Å²) in [6.07, 6.45) is 7.59. The lowest BCUT2D eigenvalue weighted by atomic mass is 9.98. The largest absolute Gasteiger partial charge is 0.444 e. The van der Waals surface area contributed by atoms with Gasteiger partial charge in [-0.05, 0) is 42.5 Å². The van der Waals surface area contributed by atoms with Crippen LogP contribution in [0, 0.1) is 11.8 Å². The smallest absolute Gasteiger partial charge is 0.404 e. The number of fused-ring (bicyclic) bond motifs is 3. The Balaban J connectivity index is 1.28. The highest BCUT2D eigenvalue weighted by atomic mass is 35.5. The van der Waals surface area contributed by atoms with Gasteiger partial charge in [-0.1, -0.05) is 29.8 Å². The van der Waals surface area contributed by atoms with Gasteiger partial charge in [-0.3, -0.25) is 0 Å². The second kappa shape index (κ2) is 10.4. The number of anilines is 3. The summed E-state index contributed by atoms with van der Waals surface area (Å²) < 4.78 is 10.6. The Hall–Kier alpha value is -2.88. The fourth-order valence-electron chi connectivity index (χ4n) is 5.37. The number of amides is 1. The molecule has 1 saturated carbocycles. The first-order valence-corrected chi connectivity index (χ1v) is 12.4. The first-order valence-electron chi connectivity index (χ1n) is 12.0. The molecule has 0 spiro atoms. The number of rotatable bonds is 8. The van der Waals surface area contributed by atoms with Gasteiger partial charge in [-0.15, -0.1) is 0 Å². The molecule has 1 aliphatic heterocycles. The fraction of sp³-hybridized carbons (Fsp3) is 0.480. The number of nitrogens with one attached hydrogen (secondary N) is 2. The molecule has 3 aliphatic rings. The maximum absolute atomic E-state index is 11.4. The molecular weight excluding hydrogens is 468 g/mol. The van der Waals surface area contributed by atoms with E-state index in [0.29, 0.717) is 16.8 Å². The first-order chi connectivity index (χ1) is 17.0. The molecule has 10 heteroatoms. The van der Waals surface area contributed by atoms with Gasteiger partial charge in [-0.2, -0.15) is 4.98 Å². The highest BCUT2D eigenvalue weighted by molar-refractivity contribution is 6.32. The Bertz CT molecular complexity index is 1110. The van der Waals surface area contributed by atoms with Crippen LogP contribution < -0.4 is 16.4 Å². The molecule has 5 rings (SSSR count). The Morgan fingerprint density at radius 2 is 2.03 bits per heavy atom. The summed E-state index contributed by atoms with van der Waals surface area (Å²) in [7, 11) is 1.74. The number of methoxy groups -OCH3 is 1. The number of aromatic nitrogens is 2. The Kier molecular flexibility index (Phi) is 7.08. The molecule has 4 atom stereocenters. The lowest BCUT2D eigenvalue weighted by Gasteiger charge is -2.28. The summed E-state index contributed by atoms with van der Waals surface area (Å²) in [6.45, 7) is 3.75. The van der Waals surface area contributed by atoms with Crippen molar-refractivity contribution in [3.63, 3.8) is 0 Å². The zero-order chi connectivity index (χ0) is 24.4. The summed E-state index contributed by atoms with van der Waals surface area (Å²) in [6, 6.07) is 6.27. The van der Waals surface area contributed by atoms with E-state index >= 15 is 0 Å². The van der Waals surface area contributed by atoms with E-state index in [2.05, 4.69) is 55.9 Å². The number of carbonyl (C=O) groups is 1. The number of hydrogen-bond donors (Lipinski definition) is 3. The van der Waals surface area contributed by atoms with Crippen molar-refractivity contribution in [3.05, 3.63) is 52.7 Å². The molecule has 4 N–H and O–H groups in total. The van der Waals surface area contributed by atoms with E-state index in [4.69, 9.17) is 26.8 Å². The van der Waals surface area contributed by atoms with Crippen LogP contribution in [0.4, 0.5) is 22.2 Å². The van der Waals surface area contributed by atoms with Crippen LogP contribution in [0.3, 0.4) is 0 Å². The molecule has 9 nitrogen and oxygen atoms in total. The van der Waals surface area contributed by atoms with Crippen molar-refractivity contribution in [2.45, 2.75) is 31.4 Å². The van der Waals surface area contributed by atoms with Gasteiger partial charge >= 0.3 is 6.09 Å². The van der Waals surface area contributed by atoms with Crippen molar-refractivity contribution < 1.29 is 14.3 Å². The normalized spacial score (nSPS) is 25.2. The number of primary amides is 1. The number of benzene rings is 1. The van der Waals surface area contributed by atoms with Crippen molar-refractivity contribution in [2.75, 3.05) is 44.0 Å². The lowest BCUT2D eigenvalue weighted by molar-refractivity contribution is 0.0853. The van der Waals surface area contributed by atoms with E-state index in [1.165, 1.54) is 11.1 Å². The number of ether oxygens (including phenoxy) is 2. The van der Waals surface area contributed by atoms with Crippen molar-refractivity contribution in [3.8, 4) is 0 Å². The van der Waals surface area contributed by atoms with E-state index < -0.39 is 6.09 Å². The van der Waals surface area contributed by atoms with Crippen LogP contribution in [0.2, 0.25) is 5.02 Å². The minimum Gasteiger partial charge on any atom is -0.444 e. The van der Waals surface area contributed by atoms with E-state index in [9.17, 15) is 4.79 Å². The second-order valence-electron chi connectivity index (χ2n) is 9.35. The molecule has 186 valence electrons. The first kappa shape index (κ1) is 23.8. The third-order valence-corrected chi connectivity index (χ3v) is 7.43. The topological polar surface area (TPSA) is 115 Å². The third kappa shape index (κ3) is 5.37. The van der Waals surface area contributed by atoms with E-state index in [1.54, 1.807) is 13.3 Å². The van der Waals surface area contributed by atoms with Gasteiger partial charge in [0.2, 0.25) is 5.95 Å². The zero-order valence-electron chi connectivity index (χ0n) is 19.7. The molecule has 1 aromatic carbocycles. The average Bonchev–Trinajstić information content (AvgIpc) is 3.37. The molecule has 0 saturated heterocycles. The van der Waals surface area contributed by atoms with E-state index in [0.717, 1.165) is 51.2 Å². The standard InChI is InChI=1S/C25H31ClN6O3/c1-34-11-10-32-8-6-15-4-5-19(13-16(15)7-9-32)29-25-28-14-20(26)23(31-25)30-21-17-2-3-18(12-17)22(21)35-24(27)33/h2-5,13-14,17-18,21-22H,6-12H2,1H3,(H2,27,33)(H2,28,29,30,31). The number of nitrogens with zero attached hydrogens (tertiary/aromatic N) is 3. The molecule has 2 aliphatic carbocycles. The molecule has 1 amide bonds. The SMILES string of the molecule is COCCN1CCc2ccc(Nc3ncc(Cl)c(NC4C5C=CC(C5)C4OC(N)=O)n3)cc2CC1. The van der Waals surface area contributed by atoms with Crippen molar-refractivity contribution in [1.82, 2.24) is 14.9 Å². The monoisotopic (exact) mass is 498 g/mol. The highest BCUT2D eigenvalue weighted by Gasteiger charge is 2.47. The van der Waals surface area contributed by atoms with Gasteiger partial charge in [0.15, 0.2) is 5.82 Å². The van der Waals surface area contributed by atoms with Crippen LogP contribution in [-0.2, 0) is 22.3 Å².